The molecule has 0 N–H and O–H groups in total. The van der Waals surface area contributed by atoms with E-state index in [1.54, 1.807) is 47.4 Å². The Morgan fingerprint density at radius 3 is 2.66 bits per heavy atom. The van der Waals surface area contributed by atoms with Gasteiger partial charge in [-0.2, -0.15) is 0 Å². The number of rotatable bonds is 4. The molecule has 0 unspecified atom stereocenters. The topological polar surface area (TPSA) is 86.0 Å². The number of carbonyl (C=O) groups excluding carboxylic acids is 2. The summed E-state index contributed by atoms with van der Waals surface area (Å²) in [7, 11) is 1.31. The molecule has 32 heavy (non-hydrogen) atoms. The normalized spacial score (nSPS) is 20.1. The standard InChI is InChI=1S/C24H20ClNO6/c1-30-24(29)14-6-4-13(5-7-14)20-19-21(27)17-11-15(25)8-9-18(17)32-22(19)23(28)26(20)12-16-3-2-10-31-16/h4-9,11,16,20H,2-3,10,12H2,1H3/t16-,20+/m1/s1. The number of carbonyl (C=O) groups is 2. The predicted molar refractivity (Wildman–Crippen MR) is 117 cm³/mol. The van der Waals surface area contributed by atoms with Crippen LogP contribution in [0, 0.1) is 0 Å². The third kappa shape index (κ3) is 3.38. The van der Waals surface area contributed by atoms with E-state index in [0.29, 0.717) is 40.3 Å². The Labute approximate surface area is 188 Å². The maximum Gasteiger partial charge on any atom is 0.337 e. The lowest BCUT2D eigenvalue weighted by atomic mass is 9.97. The van der Waals surface area contributed by atoms with E-state index in [4.69, 9.17) is 25.5 Å². The van der Waals surface area contributed by atoms with Crippen LogP contribution in [0.25, 0.3) is 11.0 Å². The number of methoxy groups -OCH3 is 1. The van der Waals surface area contributed by atoms with Crippen LogP contribution in [0.3, 0.4) is 0 Å². The summed E-state index contributed by atoms with van der Waals surface area (Å²) >= 11 is 6.11. The second kappa shape index (κ2) is 8.07. The summed E-state index contributed by atoms with van der Waals surface area (Å²) in [5.74, 6) is -0.785. The number of hydrogen-bond donors (Lipinski definition) is 0. The molecule has 3 heterocycles. The highest BCUT2D eigenvalue weighted by atomic mass is 35.5. The van der Waals surface area contributed by atoms with Crippen LogP contribution in [-0.4, -0.2) is 43.1 Å². The summed E-state index contributed by atoms with van der Waals surface area (Å²) in [6.45, 7) is 0.987. The number of nitrogens with zero attached hydrogens (tertiary/aromatic N) is 1. The zero-order valence-corrected chi connectivity index (χ0v) is 18.1. The van der Waals surface area contributed by atoms with E-state index in [2.05, 4.69) is 0 Å². The molecule has 3 aromatic rings. The number of esters is 1. The van der Waals surface area contributed by atoms with Crippen molar-refractivity contribution >= 4 is 34.4 Å². The number of benzene rings is 2. The SMILES string of the molecule is COC(=O)c1ccc([C@H]2c3c(oc4ccc(Cl)cc4c3=O)C(=O)N2C[C@H]2CCCO2)cc1. The molecule has 0 spiro atoms. The Hall–Kier alpha value is -3.16. The quantitative estimate of drug-likeness (QED) is 0.556. The molecule has 2 aliphatic rings. The minimum absolute atomic E-state index is 0.0323. The molecule has 0 aliphatic carbocycles. The lowest BCUT2D eigenvalue weighted by Gasteiger charge is -2.27. The fraction of sp³-hybridized carbons (Fsp3) is 0.292. The van der Waals surface area contributed by atoms with Gasteiger partial charge in [-0.15, -0.1) is 0 Å². The molecule has 0 saturated carbocycles. The minimum atomic E-state index is -0.659. The van der Waals surface area contributed by atoms with Gasteiger partial charge in [0.1, 0.15) is 5.58 Å². The van der Waals surface area contributed by atoms with Crippen molar-refractivity contribution in [3.05, 3.63) is 80.2 Å². The Bertz CT molecular complexity index is 1280. The first kappa shape index (κ1) is 20.7. The van der Waals surface area contributed by atoms with Crippen molar-refractivity contribution in [3.63, 3.8) is 0 Å². The summed E-state index contributed by atoms with van der Waals surface area (Å²) in [5.41, 5.74) is 1.35. The first-order valence-corrected chi connectivity index (χ1v) is 10.7. The van der Waals surface area contributed by atoms with Crippen molar-refractivity contribution in [1.29, 1.82) is 0 Å². The maximum absolute atomic E-state index is 13.5. The van der Waals surface area contributed by atoms with Crippen LogP contribution in [0.15, 0.2) is 51.7 Å². The van der Waals surface area contributed by atoms with Crippen molar-refractivity contribution < 1.29 is 23.5 Å². The number of ether oxygens (including phenoxy) is 2. The van der Waals surface area contributed by atoms with Crippen LogP contribution >= 0.6 is 11.6 Å². The molecule has 5 rings (SSSR count). The second-order valence-corrected chi connectivity index (χ2v) is 8.36. The molecule has 2 aromatic carbocycles. The molecule has 8 heteroatoms. The van der Waals surface area contributed by atoms with Crippen LogP contribution in [0.4, 0.5) is 0 Å². The lowest BCUT2D eigenvalue weighted by Crippen LogP contribution is -2.36. The first-order valence-electron chi connectivity index (χ1n) is 10.3. The monoisotopic (exact) mass is 453 g/mol. The highest BCUT2D eigenvalue weighted by Gasteiger charge is 2.44. The fourth-order valence-corrected chi connectivity index (χ4v) is 4.63. The zero-order valence-electron chi connectivity index (χ0n) is 17.3. The van der Waals surface area contributed by atoms with E-state index in [1.807, 2.05) is 0 Å². The predicted octanol–water partition coefficient (Wildman–Crippen LogP) is 3.96. The van der Waals surface area contributed by atoms with Crippen LogP contribution in [-0.2, 0) is 9.47 Å². The summed E-state index contributed by atoms with van der Waals surface area (Å²) < 4.78 is 16.4. The van der Waals surface area contributed by atoms with Crippen LogP contribution in [0.1, 0.15) is 50.9 Å². The highest BCUT2D eigenvalue weighted by molar-refractivity contribution is 6.31. The van der Waals surface area contributed by atoms with Crippen molar-refractivity contribution in [2.45, 2.75) is 25.0 Å². The smallest absolute Gasteiger partial charge is 0.337 e. The van der Waals surface area contributed by atoms with Gasteiger partial charge in [0.2, 0.25) is 5.76 Å². The van der Waals surface area contributed by atoms with Gasteiger partial charge in [-0.25, -0.2) is 4.79 Å². The van der Waals surface area contributed by atoms with Gasteiger partial charge < -0.3 is 18.8 Å². The van der Waals surface area contributed by atoms with E-state index < -0.39 is 12.0 Å². The van der Waals surface area contributed by atoms with E-state index >= 15 is 0 Å². The Morgan fingerprint density at radius 1 is 1.19 bits per heavy atom. The highest BCUT2D eigenvalue weighted by Crippen LogP contribution is 2.39. The second-order valence-electron chi connectivity index (χ2n) is 7.92. The molecule has 164 valence electrons. The molecular weight excluding hydrogens is 434 g/mol. The summed E-state index contributed by atoms with van der Waals surface area (Å²) in [6.07, 6.45) is 1.66. The summed E-state index contributed by atoms with van der Waals surface area (Å²) in [6, 6.07) is 10.8. The van der Waals surface area contributed by atoms with Gasteiger partial charge >= 0.3 is 5.97 Å². The molecule has 1 aromatic heterocycles. The van der Waals surface area contributed by atoms with E-state index in [9.17, 15) is 14.4 Å². The van der Waals surface area contributed by atoms with Gasteiger partial charge in [0.25, 0.3) is 5.91 Å². The van der Waals surface area contributed by atoms with Crippen LogP contribution < -0.4 is 5.43 Å². The first-order chi connectivity index (χ1) is 15.5. The van der Waals surface area contributed by atoms with Gasteiger partial charge in [0.15, 0.2) is 5.43 Å². The van der Waals surface area contributed by atoms with Crippen molar-refractivity contribution in [2.75, 3.05) is 20.3 Å². The molecular formula is C24H20ClNO6. The number of amides is 1. The Balaban J connectivity index is 1.66. The van der Waals surface area contributed by atoms with Gasteiger partial charge in [-0.05, 0) is 48.7 Å². The number of fused-ring (bicyclic) bond motifs is 2. The van der Waals surface area contributed by atoms with Gasteiger partial charge in [0, 0.05) is 18.2 Å². The average Bonchev–Trinajstić information content (AvgIpc) is 3.41. The molecule has 0 bridgehead atoms. The van der Waals surface area contributed by atoms with Gasteiger partial charge in [-0.3, -0.25) is 9.59 Å². The molecule has 2 aliphatic heterocycles. The maximum atomic E-state index is 13.5. The molecule has 1 fully saturated rings. The number of hydrogen-bond acceptors (Lipinski definition) is 6. The minimum Gasteiger partial charge on any atom is -0.465 e. The van der Waals surface area contributed by atoms with Gasteiger partial charge in [0.05, 0.1) is 35.8 Å². The van der Waals surface area contributed by atoms with E-state index in [0.717, 1.165) is 12.8 Å². The Kier molecular flexibility index (Phi) is 5.23. The van der Waals surface area contributed by atoms with Crippen molar-refractivity contribution in [3.8, 4) is 0 Å². The molecule has 7 nitrogen and oxygen atoms in total. The fourth-order valence-electron chi connectivity index (χ4n) is 4.45. The third-order valence-electron chi connectivity index (χ3n) is 6.00. The molecule has 2 atom stereocenters. The third-order valence-corrected chi connectivity index (χ3v) is 6.23. The van der Waals surface area contributed by atoms with Crippen molar-refractivity contribution in [1.82, 2.24) is 4.90 Å². The summed E-state index contributed by atoms with van der Waals surface area (Å²) in [5, 5.41) is 0.725. The Morgan fingerprint density at radius 2 is 1.97 bits per heavy atom. The molecule has 1 saturated heterocycles. The number of halogens is 1. The van der Waals surface area contributed by atoms with E-state index in [1.165, 1.54) is 7.11 Å². The summed E-state index contributed by atoms with van der Waals surface area (Å²) in [4.78, 5) is 40.4. The largest absolute Gasteiger partial charge is 0.465 e. The molecule has 1 amide bonds. The van der Waals surface area contributed by atoms with Crippen LogP contribution in [0.2, 0.25) is 5.02 Å². The van der Waals surface area contributed by atoms with Crippen LogP contribution in [0.5, 0.6) is 0 Å². The van der Waals surface area contributed by atoms with E-state index in [-0.39, 0.29) is 28.8 Å². The average molecular weight is 454 g/mol. The zero-order chi connectivity index (χ0) is 22.4. The van der Waals surface area contributed by atoms with Gasteiger partial charge in [-0.1, -0.05) is 23.7 Å². The molecule has 0 radical (unpaired) electrons. The van der Waals surface area contributed by atoms with Crippen molar-refractivity contribution in [2.24, 2.45) is 0 Å². The lowest BCUT2D eigenvalue weighted by molar-refractivity contribution is 0.0486.